The maximum absolute atomic E-state index is 12.3. The first-order valence-electron chi connectivity index (χ1n) is 10.4. The number of carbonyl (C=O) groups is 1. The molecule has 0 aliphatic rings. The number of carbonyl (C=O) groups excluding carboxylic acids is 1. The van der Waals surface area contributed by atoms with Gasteiger partial charge in [-0.1, -0.05) is 51.2 Å². The number of unbranched alkanes of at least 4 members (excludes halogenated alkanes) is 5. The monoisotopic (exact) mass is 425 g/mol. The minimum absolute atomic E-state index is 0.0289. The maximum Gasteiger partial charge on any atom is 0.313 e. The number of rotatable bonds is 10. The SMILES string of the molecule is CCCCCCCCOc1ccc(NC(=S)NC(=O)c2nc3ccccc3o2)cc1. The lowest BCUT2D eigenvalue weighted by Crippen LogP contribution is -2.34. The van der Waals surface area contributed by atoms with E-state index in [2.05, 4.69) is 22.5 Å². The van der Waals surface area contributed by atoms with Crippen LogP contribution >= 0.6 is 12.2 Å². The molecule has 0 bridgehead atoms. The van der Waals surface area contributed by atoms with Gasteiger partial charge in [0.05, 0.1) is 6.61 Å². The van der Waals surface area contributed by atoms with Crippen molar-refractivity contribution in [1.29, 1.82) is 0 Å². The molecule has 0 spiro atoms. The highest BCUT2D eigenvalue weighted by Gasteiger charge is 2.15. The fraction of sp³-hybridized carbons (Fsp3) is 0.348. The molecule has 1 heterocycles. The Balaban J connectivity index is 1.41. The van der Waals surface area contributed by atoms with E-state index in [4.69, 9.17) is 21.4 Å². The van der Waals surface area contributed by atoms with Crippen molar-refractivity contribution in [2.75, 3.05) is 11.9 Å². The topological polar surface area (TPSA) is 76.4 Å². The molecule has 0 saturated heterocycles. The van der Waals surface area contributed by atoms with Crippen LogP contribution in [0.4, 0.5) is 5.69 Å². The summed E-state index contributed by atoms with van der Waals surface area (Å²) in [6.07, 6.45) is 7.42. The lowest BCUT2D eigenvalue weighted by atomic mass is 10.1. The van der Waals surface area contributed by atoms with Crippen molar-refractivity contribution >= 4 is 40.0 Å². The van der Waals surface area contributed by atoms with E-state index in [1.54, 1.807) is 12.1 Å². The van der Waals surface area contributed by atoms with Crippen LogP contribution in [0.3, 0.4) is 0 Å². The van der Waals surface area contributed by atoms with E-state index in [-0.39, 0.29) is 11.0 Å². The molecule has 0 radical (unpaired) electrons. The van der Waals surface area contributed by atoms with Crippen molar-refractivity contribution < 1.29 is 13.9 Å². The van der Waals surface area contributed by atoms with E-state index in [9.17, 15) is 4.79 Å². The summed E-state index contributed by atoms with van der Waals surface area (Å²) in [6, 6.07) is 14.7. The predicted molar refractivity (Wildman–Crippen MR) is 123 cm³/mol. The van der Waals surface area contributed by atoms with E-state index in [1.807, 2.05) is 36.4 Å². The third-order valence-corrected chi connectivity index (χ3v) is 4.80. The minimum atomic E-state index is -0.498. The van der Waals surface area contributed by atoms with Crippen LogP contribution in [0.15, 0.2) is 52.9 Å². The van der Waals surface area contributed by atoms with Crippen LogP contribution in [0.25, 0.3) is 11.1 Å². The average Bonchev–Trinajstić information content (AvgIpc) is 3.19. The van der Waals surface area contributed by atoms with Gasteiger partial charge in [0.1, 0.15) is 11.3 Å². The zero-order chi connectivity index (χ0) is 21.2. The predicted octanol–water partition coefficient (Wildman–Crippen LogP) is 5.69. The number of ether oxygens (including phenoxy) is 1. The highest BCUT2D eigenvalue weighted by Crippen LogP contribution is 2.17. The number of nitrogens with one attached hydrogen (secondary N) is 2. The third kappa shape index (κ3) is 6.56. The summed E-state index contributed by atoms with van der Waals surface area (Å²) in [6.45, 7) is 2.94. The highest BCUT2D eigenvalue weighted by molar-refractivity contribution is 7.80. The molecule has 1 amide bonds. The first-order chi connectivity index (χ1) is 14.7. The van der Waals surface area contributed by atoms with Crippen molar-refractivity contribution in [2.45, 2.75) is 45.4 Å². The van der Waals surface area contributed by atoms with Gasteiger partial charge in [0.15, 0.2) is 10.7 Å². The van der Waals surface area contributed by atoms with Crippen LogP contribution in [-0.4, -0.2) is 22.6 Å². The Hall–Kier alpha value is -2.93. The molecule has 3 aromatic rings. The molecule has 0 aliphatic carbocycles. The van der Waals surface area contributed by atoms with Gasteiger partial charge in [0.2, 0.25) is 0 Å². The van der Waals surface area contributed by atoms with E-state index >= 15 is 0 Å². The molecule has 7 heteroatoms. The number of oxazole rings is 1. The van der Waals surface area contributed by atoms with Crippen LogP contribution in [0.2, 0.25) is 0 Å². The van der Waals surface area contributed by atoms with Gasteiger partial charge in [-0.3, -0.25) is 10.1 Å². The minimum Gasteiger partial charge on any atom is -0.494 e. The quantitative estimate of drug-likeness (QED) is 0.321. The van der Waals surface area contributed by atoms with Crippen molar-refractivity contribution in [3.63, 3.8) is 0 Å². The summed E-state index contributed by atoms with van der Waals surface area (Å²) in [7, 11) is 0. The normalized spacial score (nSPS) is 10.7. The fourth-order valence-electron chi connectivity index (χ4n) is 3.00. The van der Waals surface area contributed by atoms with Crippen LogP contribution in [0, 0.1) is 0 Å². The van der Waals surface area contributed by atoms with Gasteiger partial charge >= 0.3 is 5.91 Å². The molecule has 0 aliphatic heterocycles. The summed E-state index contributed by atoms with van der Waals surface area (Å²) >= 11 is 5.21. The smallest absolute Gasteiger partial charge is 0.313 e. The fourth-order valence-corrected chi connectivity index (χ4v) is 3.21. The number of thiocarbonyl (C=S) groups is 1. The van der Waals surface area contributed by atoms with Crippen molar-refractivity contribution in [2.24, 2.45) is 0 Å². The molecule has 158 valence electrons. The van der Waals surface area contributed by atoms with E-state index in [0.29, 0.717) is 11.1 Å². The number of para-hydroxylation sites is 2. The number of benzene rings is 2. The molecule has 0 saturated carbocycles. The third-order valence-electron chi connectivity index (χ3n) is 4.59. The Bertz CT molecular complexity index is 936. The van der Waals surface area contributed by atoms with Crippen LogP contribution in [0.5, 0.6) is 5.75 Å². The van der Waals surface area contributed by atoms with Gasteiger partial charge in [-0.2, -0.15) is 0 Å². The molecule has 1 aromatic heterocycles. The van der Waals surface area contributed by atoms with Gasteiger partial charge in [-0.15, -0.1) is 0 Å². The molecule has 0 unspecified atom stereocenters. The van der Waals surface area contributed by atoms with E-state index in [1.165, 1.54) is 32.1 Å². The number of aromatic nitrogens is 1. The molecule has 0 fully saturated rings. The molecule has 2 aromatic carbocycles. The van der Waals surface area contributed by atoms with Gasteiger partial charge in [-0.05, 0) is 55.0 Å². The van der Waals surface area contributed by atoms with E-state index < -0.39 is 5.91 Å². The van der Waals surface area contributed by atoms with Gasteiger partial charge in [-0.25, -0.2) is 4.98 Å². The standard InChI is InChI=1S/C23H27N3O3S/c1-2-3-4-5-6-9-16-28-18-14-12-17(13-15-18)24-23(30)26-21(27)22-25-19-10-7-8-11-20(19)29-22/h7-8,10-15H,2-6,9,16H2,1H3,(H2,24,26,27,30). The number of anilines is 1. The van der Waals surface area contributed by atoms with Crippen molar-refractivity contribution in [3.8, 4) is 5.75 Å². The second-order valence-electron chi connectivity index (χ2n) is 7.04. The van der Waals surface area contributed by atoms with Crippen molar-refractivity contribution in [1.82, 2.24) is 10.3 Å². The van der Waals surface area contributed by atoms with Crippen LogP contribution < -0.4 is 15.4 Å². The lowest BCUT2D eigenvalue weighted by Gasteiger charge is -2.10. The number of amides is 1. The summed E-state index contributed by atoms with van der Waals surface area (Å²) < 4.78 is 11.2. The number of hydrogen-bond donors (Lipinski definition) is 2. The highest BCUT2D eigenvalue weighted by atomic mass is 32.1. The number of nitrogens with zero attached hydrogens (tertiary/aromatic N) is 1. The summed E-state index contributed by atoms with van der Waals surface area (Å²) in [4.78, 5) is 16.4. The first kappa shape index (κ1) is 21.8. The van der Waals surface area contributed by atoms with Gasteiger partial charge in [0, 0.05) is 5.69 Å². The van der Waals surface area contributed by atoms with E-state index in [0.717, 1.165) is 24.5 Å². The average molecular weight is 426 g/mol. The largest absolute Gasteiger partial charge is 0.494 e. The Morgan fingerprint density at radius 1 is 1.03 bits per heavy atom. The molecular weight excluding hydrogens is 398 g/mol. The molecule has 3 rings (SSSR count). The Labute approximate surface area is 182 Å². The first-order valence-corrected chi connectivity index (χ1v) is 10.8. The second kappa shape index (κ2) is 11.3. The summed E-state index contributed by atoms with van der Waals surface area (Å²) in [5.74, 6) is 0.289. The number of fused-ring (bicyclic) bond motifs is 1. The molecule has 2 N–H and O–H groups in total. The molecule has 0 atom stereocenters. The zero-order valence-corrected chi connectivity index (χ0v) is 18.0. The molecule has 6 nitrogen and oxygen atoms in total. The lowest BCUT2D eigenvalue weighted by molar-refractivity contribution is 0.0946. The van der Waals surface area contributed by atoms with Crippen LogP contribution in [0.1, 0.15) is 56.1 Å². The Kier molecular flexibility index (Phi) is 8.20. The van der Waals surface area contributed by atoms with Crippen molar-refractivity contribution in [3.05, 3.63) is 54.4 Å². The maximum atomic E-state index is 12.3. The van der Waals surface area contributed by atoms with Gasteiger partial charge in [0.25, 0.3) is 5.89 Å². The molecular formula is C23H27N3O3S. The Morgan fingerprint density at radius 3 is 2.53 bits per heavy atom. The summed E-state index contributed by atoms with van der Waals surface area (Å²) in [5.41, 5.74) is 1.93. The Morgan fingerprint density at radius 2 is 1.77 bits per heavy atom. The van der Waals surface area contributed by atoms with Crippen LogP contribution in [-0.2, 0) is 0 Å². The second-order valence-corrected chi connectivity index (χ2v) is 7.44. The zero-order valence-electron chi connectivity index (χ0n) is 17.1. The van der Waals surface area contributed by atoms with Gasteiger partial charge < -0.3 is 14.5 Å². The number of hydrogen-bond acceptors (Lipinski definition) is 5. The molecule has 30 heavy (non-hydrogen) atoms. The summed E-state index contributed by atoms with van der Waals surface area (Å²) in [5, 5.41) is 5.72.